The maximum Gasteiger partial charge on any atom is 0.449 e. The van der Waals surface area contributed by atoms with Crippen LogP contribution >= 0.6 is 11.6 Å². The van der Waals surface area contributed by atoms with Gasteiger partial charge in [0, 0.05) is 16.3 Å². The van der Waals surface area contributed by atoms with Crippen molar-refractivity contribution in [2.75, 3.05) is 0 Å². The summed E-state index contributed by atoms with van der Waals surface area (Å²) in [6, 6.07) is 7.04. The van der Waals surface area contributed by atoms with Gasteiger partial charge in [-0.25, -0.2) is 9.97 Å². The predicted molar refractivity (Wildman–Crippen MR) is 78.8 cm³/mol. The number of H-pyrrole nitrogens is 1. The quantitative estimate of drug-likeness (QED) is 0.690. The van der Waals surface area contributed by atoms with Crippen LogP contribution < -0.4 is 0 Å². The molecule has 0 bridgehead atoms. The summed E-state index contributed by atoms with van der Waals surface area (Å²) in [4.78, 5) is 9.95. The molecule has 0 saturated carbocycles. The molecule has 3 aromatic rings. The zero-order valence-electron chi connectivity index (χ0n) is 11.7. The van der Waals surface area contributed by atoms with E-state index in [-0.39, 0.29) is 11.2 Å². The summed E-state index contributed by atoms with van der Waals surface area (Å²) in [5.74, 6) is -1.05. The van der Waals surface area contributed by atoms with Crippen LogP contribution in [0.25, 0.3) is 22.3 Å². The number of hydrogen-bond donors (Lipinski definition) is 1. The molecule has 0 fully saturated rings. The SMILES string of the molecule is Cc1nc2nc(C(F)(F)F)[nH]c2cc1-c1cccc(Cl)c1C. The normalized spacial score (nSPS) is 12.1. The second kappa shape index (κ2) is 4.98. The van der Waals surface area contributed by atoms with E-state index >= 15 is 0 Å². The molecule has 0 saturated heterocycles. The summed E-state index contributed by atoms with van der Waals surface area (Å²) >= 11 is 6.11. The van der Waals surface area contributed by atoms with Gasteiger partial charge in [-0.2, -0.15) is 13.2 Å². The number of aromatic nitrogens is 3. The lowest BCUT2D eigenvalue weighted by Crippen LogP contribution is -2.06. The maximum atomic E-state index is 12.7. The first-order valence-corrected chi connectivity index (χ1v) is 6.85. The van der Waals surface area contributed by atoms with Crippen LogP contribution in [0.15, 0.2) is 24.3 Å². The number of aromatic amines is 1. The van der Waals surface area contributed by atoms with Crippen molar-refractivity contribution in [1.29, 1.82) is 0 Å². The van der Waals surface area contributed by atoms with E-state index in [1.54, 1.807) is 25.1 Å². The third kappa shape index (κ3) is 2.43. The molecule has 2 heterocycles. The van der Waals surface area contributed by atoms with Crippen LogP contribution in [0.1, 0.15) is 17.1 Å². The molecule has 3 rings (SSSR count). The molecule has 7 heteroatoms. The summed E-state index contributed by atoms with van der Waals surface area (Å²) < 4.78 is 38.2. The summed E-state index contributed by atoms with van der Waals surface area (Å²) in [7, 11) is 0. The van der Waals surface area contributed by atoms with Gasteiger partial charge < -0.3 is 4.98 Å². The van der Waals surface area contributed by atoms with Crippen LogP contribution in [0.3, 0.4) is 0 Å². The first kappa shape index (κ1) is 14.8. The standard InChI is InChI=1S/C15H11ClF3N3/c1-7-9(4-3-5-11(7)16)10-6-12-13(20-8(10)2)22-14(21-12)15(17,18)19/h3-6H,1-2H3,(H,20,21,22). The Balaban J connectivity index is 2.23. The Kier molecular flexibility index (Phi) is 3.36. The van der Waals surface area contributed by atoms with Crippen LogP contribution in [0, 0.1) is 13.8 Å². The lowest BCUT2D eigenvalue weighted by Gasteiger charge is -2.10. The Morgan fingerprint density at radius 2 is 1.82 bits per heavy atom. The minimum atomic E-state index is -4.53. The third-order valence-electron chi connectivity index (χ3n) is 3.49. The summed E-state index contributed by atoms with van der Waals surface area (Å²) in [5.41, 5.74) is 3.30. The van der Waals surface area contributed by atoms with Gasteiger partial charge >= 0.3 is 6.18 Å². The molecule has 22 heavy (non-hydrogen) atoms. The number of pyridine rings is 1. The molecule has 0 aliphatic carbocycles. The van der Waals surface area contributed by atoms with Crippen molar-refractivity contribution in [1.82, 2.24) is 15.0 Å². The number of fused-ring (bicyclic) bond motifs is 1. The van der Waals surface area contributed by atoms with Crippen LogP contribution in [-0.2, 0) is 6.18 Å². The molecule has 114 valence electrons. The Morgan fingerprint density at radius 1 is 1.09 bits per heavy atom. The molecule has 0 aliphatic heterocycles. The number of rotatable bonds is 1. The molecule has 0 unspecified atom stereocenters. The van der Waals surface area contributed by atoms with Crippen molar-refractivity contribution in [3.05, 3.63) is 46.4 Å². The van der Waals surface area contributed by atoms with E-state index in [0.717, 1.165) is 16.7 Å². The van der Waals surface area contributed by atoms with Crippen molar-refractivity contribution >= 4 is 22.8 Å². The highest BCUT2D eigenvalue weighted by molar-refractivity contribution is 6.31. The largest absolute Gasteiger partial charge is 0.449 e. The van der Waals surface area contributed by atoms with Crippen LogP contribution in [0.2, 0.25) is 5.02 Å². The molecule has 0 amide bonds. The Hall–Kier alpha value is -2.08. The van der Waals surface area contributed by atoms with Crippen LogP contribution in [-0.4, -0.2) is 15.0 Å². The van der Waals surface area contributed by atoms with Gasteiger partial charge in [-0.05, 0) is 37.1 Å². The average molecular weight is 326 g/mol. The molecule has 0 radical (unpaired) electrons. The number of hydrogen-bond acceptors (Lipinski definition) is 2. The van der Waals surface area contributed by atoms with E-state index in [0.29, 0.717) is 10.7 Å². The van der Waals surface area contributed by atoms with Gasteiger partial charge in [-0.1, -0.05) is 23.7 Å². The minimum Gasteiger partial charge on any atom is -0.333 e. The summed E-state index contributed by atoms with van der Waals surface area (Å²) in [5, 5.41) is 0.595. The third-order valence-corrected chi connectivity index (χ3v) is 3.90. The Morgan fingerprint density at radius 3 is 2.50 bits per heavy atom. The highest BCUT2D eigenvalue weighted by Gasteiger charge is 2.35. The molecule has 3 nitrogen and oxygen atoms in total. The molecule has 1 N–H and O–H groups in total. The summed E-state index contributed by atoms with van der Waals surface area (Å²) in [6.45, 7) is 3.59. The van der Waals surface area contributed by atoms with Gasteiger partial charge in [0.25, 0.3) is 0 Å². The Labute approximate surface area is 129 Å². The van der Waals surface area contributed by atoms with E-state index < -0.39 is 12.0 Å². The number of nitrogens with zero attached hydrogens (tertiary/aromatic N) is 2. The zero-order chi connectivity index (χ0) is 16.1. The highest BCUT2D eigenvalue weighted by atomic mass is 35.5. The van der Waals surface area contributed by atoms with Crippen molar-refractivity contribution in [3.8, 4) is 11.1 Å². The van der Waals surface area contributed by atoms with E-state index in [2.05, 4.69) is 15.0 Å². The molecule has 0 spiro atoms. The number of halogens is 4. The topological polar surface area (TPSA) is 41.6 Å². The molecule has 0 atom stereocenters. The lowest BCUT2D eigenvalue weighted by molar-refractivity contribution is -0.144. The van der Waals surface area contributed by atoms with Crippen molar-refractivity contribution in [3.63, 3.8) is 0 Å². The van der Waals surface area contributed by atoms with E-state index in [9.17, 15) is 13.2 Å². The number of benzene rings is 1. The number of imidazole rings is 1. The fourth-order valence-electron chi connectivity index (χ4n) is 2.34. The first-order chi connectivity index (χ1) is 10.3. The van der Waals surface area contributed by atoms with Crippen LogP contribution in [0.4, 0.5) is 13.2 Å². The zero-order valence-corrected chi connectivity index (χ0v) is 12.5. The van der Waals surface area contributed by atoms with E-state index in [4.69, 9.17) is 11.6 Å². The highest BCUT2D eigenvalue weighted by Crippen LogP contribution is 2.33. The number of aryl methyl sites for hydroxylation is 1. The summed E-state index contributed by atoms with van der Waals surface area (Å²) in [6.07, 6.45) is -4.53. The molecule has 2 aromatic heterocycles. The fraction of sp³-hybridized carbons (Fsp3) is 0.200. The number of alkyl halides is 3. The average Bonchev–Trinajstić information content (AvgIpc) is 2.84. The smallest absolute Gasteiger partial charge is 0.333 e. The maximum absolute atomic E-state index is 12.7. The van der Waals surface area contributed by atoms with E-state index in [1.807, 2.05) is 13.0 Å². The van der Waals surface area contributed by atoms with E-state index in [1.165, 1.54) is 0 Å². The van der Waals surface area contributed by atoms with Crippen LogP contribution in [0.5, 0.6) is 0 Å². The van der Waals surface area contributed by atoms with Gasteiger partial charge in [0.05, 0.1) is 5.52 Å². The van der Waals surface area contributed by atoms with Gasteiger partial charge in [-0.15, -0.1) is 0 Å². The lowest BCUT2D eigenvalue weighted by atomic mass is 9.99. The first-order valence-electron chi connectivity index (χ1n) is 6.47. The monoisotopic (exact) mass is 325 g/mol. The predicted octanol–water partition coefficient (Wildman–Crippen LogP) is 4.91. The molecule has 1 aromatic carbocycles. The fourth-order valence-corrected chi connectivity index (χ4v) is 2.51. The minimum absolute atomic E-state index is 0.0493. The molecular weight excluding hydrogens is 315 g/mol. The van der Waals surface area contributed by atoms with Gasteiger partial charge in [0.2, 0.25) is 5.82 Å². The second-order valence-electron chi connectivity index (χ2n) is 4.99. The number of nitrogens with one attached hydrogen (secondary N) is 1. The van der Waals surface area contributed by atoms with Gasteiger partial charge in [-0.3, -0.25) is 0 Å². The molecular formula is C15H11ClF3N3. The van der Waals surface area contributed by atoms with Crippen molar-refractivity contribution in [2.45, 2.75) is 20.0 Å². The van der Waals surface area contributed by atoms with Crippen molar-refractivity contribution in [2.24, 2.45) is 0 Å². The van der Waals surface area contributed by atoms with Crippen molar-refractivity contribution < 1.29 is 13.2 Å². The second-order valence-corrected chi connectivity index (χ2v) is 5.40. The van der Waals surface area contributed by atoms with Gasteiger partial charge in [0.15, 0.2) is 5.65 Å². The molecule has 0 aliphatic rings. The Bertz CT molecular complexity index is 868. The van der Waals surface area contributed by atoms with Gasteiger partial charge in [0.1, 0.15) is 0 Å².